The van der Waals surface area contributed by atoms with Gasteiger partial charge in [0.15, 0.2) is 0 Å². The molecule has 10 rings (SSSR count). The Morgan fingerprint density at radius 1 is 0.422 bits per heavy atom. The van der Waals surface area contributed by atoms with Gasteiger partial charge in [-0.2, -0.15) is 48.5 Å². The fourth-order valence-corrected chi connectivity index (χ4v) is 7.26. The van der Waals surface area contributed by atoms with Crippen molar-refractivity contribution in [2.24, 2.45) is 0 Å². The average Bonchev–Trinajstić information content (AvgIpc) is 3.83. The van der Waals surface area contributed by atoms with Crippen LogP contribution in [0.25, 0.3) is 55.7 Å². The van der Waals surface area contributed by atoms with Crippen molar-refractivity contribution < 1.29 is 26.2 Å². The number of fused-ring (bicyclic) bond motifs is 10. The van der Waals surface area contributed by atoms with E-state index in [1.54, 1.807) is 0 Å². The second kappa shape index (κ2) is 11.3. The van der Waals surface area contributed by atoms with Gasteiger partial charge in [0.25, 0.3) is 0 Å². The summed E-state index contributed by atoms with van der Waals surface area (Å²) in [7, 11) is 0. The third-order valence-electron chi connectivity index (χ3n) is 9.09. The maximum Gasteiger partial charge on any atom is 2.00 e. The summed E-state index contributed by atoms with van der Waals surface area (Å²) in [6.07, 6.45) is 1.96. The molecule has 0 spiro atoms. The van der Waals surface area contributed by atoms with Crippen molar-refractivity contribution in [3.8, 4) is 33.9 Å². The molecule has 2 heterocycles. The maximum absolute atomic E-state index is 3.41. The van der Waals surface area contributed by atoms with Crippen LogP contribution in [0.4, 0.5) is 0 Å². The van der Waals surface area contributed by atoms with E-state index < -0.39 is 0 Å². The quantitative estimate of drug-likeness (QED) is 0.165. The first kappa shape index (κ1) is 27.8. The van der Waals surface area contributed by atoms with Crippen LogP contribution in [0.2, 0.25) is 0 Å². The fourth-order valence-electron chi connectivity index (χ4n) is 7.26. The van der Waals surface area contributed by atoms with Crippen molar-refractivity contribution in [1.82, 2.24) is 9.13 Å². The zero-order valence-electron chi connectivity index (χ0n) is 24.7. The molecule has 0 saturated heterocycles. The summed E-state index contributed by atoms with van der Waals surface area (Å²) in [6, 6.07) is 58.1. The monoisotopic (exact) mass is 650 g/mol. The van der Waals surface area contributed by atoms with Crippen molar-refractivity contribution in [3.63, 3.8) is 0 Å². The van der Waals surface area contributed by atoms with Gasteiger partial charge >= 0.3 is 26.2 Å². The molecule has 0 amide bonds. The van der Waals surface area contributed by atoms with Gasteiger partial charge in [0.05, 0.1) is 11.0 Å². The molecule has 8 aromatic rings. The van der Waals surface area contributed by atoms with Crippen molar-refractivity contribution in [3.05, 3.63) is 180 Å². The summed E-state index contributed by atoms with van der Waals surface area (Å²) < 4.78 is 4.79. The minimum atomic E-state index is 0. The first-order valence-corrected chi connectivity index (χ1v) is 15.2. The molecule has 0 bridgehead atoms. The van der Waals surface area contributed by atoms with Crippen molar-refractivity contribution in [1.29, 1.82) is 0 Å². The molecule has 2 aromatic heterocycles. The van der Waals surface area contributed by atoms with Crippen molar-refractivity contribution >= 4 is 21.8 Å². The van der Waals surface area contributed by atoms with Crippen LogP contribution in [0.5, 0.6) is 0 Å². The molecule has 3 heteroatoms. The molecule has 2 nitrogen and oxygen atoms in total. The van der Waals surface area contributed by atoms with Gasteiger partial charge < -0.3 is 9.13 Å². The van der Waals surface area contributed by atoms with E-state index in [9.17, 15) is 0 Å². The van der Waals surface area contributed by atoms with E-state index in [-0.39, 0.29) is 26.2 Å². The SMILES string of the molecule is [Zr+2].[c-]1cccc2c1Cc1c-2n(-c2ccccc2)c2ccccc12.[c-]1cccc2c1Cc1c-2n(-c2ccccc2)c2ccccc12. The average molecular weight is 652 g/mol. The maximum atomic E-state index is 3.41. The Bertz CT molecular complexity index is 2160. The van der Waals surface area contributed by atoms with Gasteiger partial charge in [0.1, 0.15) is 0 Å². The van der Waals surface area contributed by atoms with Crippen LogP contribution in [0, 0.1) is 12.1 Å². The van der Waals surface area contributed by atoms with Crippen LogP contribution in [0.15, 0.2) is 146 Å². The molecule has 2 aliphatic rings. The molecule has 210 valence electrons. The smallest absolute Gasteiger partial charge is 0.321 e. The van der Waals surface area contributed by atoms with Gasteiger partial charge in [-0.3, -0.25) is 0 Å². The summed E-state index contributed by atoms with van der Waals surface area (Å²) in [4.78, 5) is 0. The van der Waals surface area contributed by atoms with E-state index in [0.29, 0.717) is 0 Å². The van der Waals surface area contributed by atoms with Crippen LogP contribution in [0.1, 0.15) is 22.3 Å². The molecule has 6 aromatic carbocycles. The Balaban J connectivity index is 0.000000131. The van der Waals surface area contributed by atoms with Crippen molar-refractivity contribution in [2.75, 3.05) is 0 Å². The zero-order chi connectivity index (χ0) is 29.0. The number of hydrogen-bond acceptors (Lipinski definition) is 0. The predicted octanol–water partition coefficient (Wildman–Crippen LogP) is 10.0. The second-order valence-corrected chi connectivity index (χ2v) is 11.5. The molecule has 2 aliphatic carbocycles. The molecule has 0 unspecified atom stereocenters. The minimum absolute atomic E-state index is 0. The molecule has 0 atom stereocenters. The van der Waals surface area contributed by atoms with Crippen LogP contribution in [0.3, 0.4) is 0 Å². The number of benzene rings is 6. The predicted molar refractivity (Wildman–Crippen MR) is 181 cm³/mol. The van der Waals surface area contributed by atoms with Crippen LogP contribution >= 0.6 is 0 Å². The third kappa shape index (κ3) is 4.41. The second-order valence-electron chi connectivity index (χ2n) is 11.5. The van der Waals surface area contributed by atoms with Gasteiger partial charge in [-0.25, -0.2) is 0 Å². The van der Waals surface area contributed by atoms with E-state index in [1.165, 1.54) is 77.9 Å². The molecule has 0 fully saturated rings. The normalized spacial score (nSPS) is 12.1. The molecule has 0 N–H and O–H groups in total. The standard InChI is InChI=1S/2C21H14N.Zr/c2*1-2-9-16(10-3-1)22-20-13-7-6-12-18(20)19-14-15-8-4-5-11-17(15)21(19)22;/h2*1-7,9-13H,14H2;/q2*-1;+2. The van der Waals surface area contributed by atoms with Gasteiger partial charge in [0.2, 0.25) is 0 Å². The van der Waals surface area contributed by atoms with Crippen molar-refractivity contribution in [2.45, 2.75) is 12.8 Å². The first-order valence-electron chi connectivity index (χ1n) is 15.2. The van der Waals surface area contributed by atoms with E-state index in [1.807, 2.05) is 12.1 Å². The first-order chi connectivity index (χ1) is 21.9. The summed E-state index contributed by atoms with van der Waals surface area (Å²) in [5.74, 6) is 0. The molecule has 45 heavy (non-hydrogen) atoms. The number of nitrogens with zero attached hydrogens (tertiary/aromatic N) is 2. The largest absolute Gasteiger partial charge is 2.00 e. The minimum Gasteiger partial charge on any atom is -0.321 e. The summed E-state index contributed by atoms with van der Waals surface area (Å²) in [5.41, 5.74) is 15.8. The Morgan fingerprint density at radius 2 is 0.822 bits per heavy atom. The summed E-state index contributed by atoms with van der Waals surface area (Å²) in [6.45, 7) is 0. The van der Waals surface area contributed by atoms with E-state index >= 15 is 0 Å². The van der Waals surface area contributed by atoms with E-state index in [2.05, 4.69) is 155 Å². The van der Waals surface area contributed by atoms with E-state index in [4.69, 9.17) is 0 Å². The molecule has 0 saturated carbocycles. The summed E-state index contributed by atoms with van der Waals surface area (Å²) in [5, 5.41) is 2.71. The summed E-state index contributed by atoms with van der Waals surface area (Å²) >= 11 is 0. The third-order valence-corrected chi connectivity index (χ3v) is 9.09. The topological polar surface area (TPSA) is 9.86 Å². The van der Waals surface area contributed by atoms with Crippen LogP contribution in [-0.4, -0.2) is 9.13 Å². The Hall–Kier alpha value is -4.72. The Kier molecular flexibility index (Phi) is 7.00. The molecule has 0 aliphatic heterocycles. The zero-order valence-corrected chi connectivity index (χ0v) is 27.1. The Morgan fingerprint density at radius 3 is 1.27 bits per heavy atom. The number of rotatable bonds is 2. The van der Waals surface area contributed by atoms with Gasteiger partial charge in [0, 0.05) is 33.5 Å². The molecular weight excluding hydrogens is 624 g/mol. The van der Waals surface area contributed by atoms with Crippen LogP contribution in [-0.2, 0) is 39.0 Å². The molecule has 0 radical (unpaired) electrons. The van der Waals surface area contributed by atoms with E-state index in [0.717, 1.165) is 12.8 Å². The number of para-hydroxylation sites is 4. The number of hydrogen-bond donors (Lipinski definition) is 0. The van der Waals surface area contributed by atoms with Gasteiger partial charge in [-0.05, 0) is 60.4 Å². The van der Waals surface area contributed by atoms with Gasteiger partial charge in [-0.1, -0.05) is 72.8 Å². The van der Waals surface area contributed by atoms with Crippen LogP contribution < -0.4 is 0 Å². The molecular formula is C42H28N2Zr. The number of aromatic nitrogens is 2. The Labute approximate surface area is 282 Å². The van der Waals surface area contributed by atoms with Gasteiger partial charge in [-0.15, -0.1) is 22.3 Å². The fraction of sp³-hybridized carbons (Fsp3) is 0.0476.